The van der Waals surface area contributed by atoms with E-state index in [1.165, 1.54) is 20.3 Å². The Hall–Kier alpha value is -6.18. The van der Waals surface area contributed by atoms with Crippen LogP contribution in [0.4, 0.5) is 10.1 Å². The maximum Gasteiger partial charge on any atom is 0.230 e. The number of benzene rings is 5. The van der Waals surface area contributed by atoms with E-state index in [-0.39, 0.29) is 60.9 Å². The van der Waals surface area contributed by atoms with Gasteiger partial charge in [0, 0.05) is 95.3 Å². The quantitative estimate of drug-likeness (QED) is 0.0443. The van der Waals surface area contributed by atoms with E-state index in [2.05, 4.69) is 16.8 Å². The van der Waals surface area contributed by atoms with Gasteiger partial charge < -0.3 is 24.0 Å². The van der Waals surface area contributed by atoms with Crippen molar-refractivity contribution < 1.29 is 33.0 Å². The zero-order valence-electron chi connectivity index (χ0n) is 39.2. The van der Waals surface area contributed by atoms with Gasteiger partial charge in [0.2, 0.25) is 5.91 Å². The fraction of sp³-hybridized carbons (Fsp3) is 0.309. The fourth-order valence-electron chi connectivity index (χ4n) is 9.19. The number of nitrogens with zero attached hydrogens (tertiary/aromatic N) is 5. The van der Waals surface area contributed by atoms with Crippen molar-refractivity contribution in [3.8, 4) is 22.8 Å². The molecule has 0 bridgehead atoms. The van der Waals surface area contributed by atoms with E-state index in [4.69, 9.17) is 59.0 Å². The van der Waals surface area contributed by atoms with Gasteiger partial charge in [-0.05, 0) is 103 Å². The normalized spacial score (nSPS) is 15.4. The molecule has 3 heterocycles. The van der Waals surface area contributed by atoms with E-state index in [1.54, 1.807) is 36.5 Å². The van der Waals surface area contributed by atoms with Crippen molar-refractivity contribution in [2.45, 2.75) is 70.5 Å². The third kappa shape index (κ3) is 11.7. The average Bonchev–Trinajstić information content (AvgIpc) is 3.51. The van der Waals surface area contributed by atoms with Gasteiger partial charge in [-0.15, -0.1) is 0 Å². The molecular formula is C55H53Cl3FN5O6. The van der Waals surface area contributed by atoms with Crippen LogP contribution >= 0.6 is 34.8 Å². The van der Waals surface area contributed by atoms with Crippen LogP contribution in [0.25, 0.3) is 11.3 Å². The molecule has 6 aromatic rings. The molecule has 1 aromatic heterocycles. The number of fused-ring (bicyclic) bond motifs is 3. The molecule has 70 heavy (non-hydrogen) atoms. The van der Waals surface area contributed by atoms with E-state index in [0.717, 1.165) is 34.4 Å². The Morgan fingerprint density at radius 1 is 0.786 bits per heavy atom. The van der Waals surface area contributed by atoms with E-state index in [0.29, 0.717) is 100 Å². The van der Waals surface area contributed by atoms with Crippen molar-refractivity contribution in [3.63, 3.8) is 0 Å². The Bertz CT molecular complexity index is 2900. The maximum atomic E-state index is 15.4. The molecule has 1 saturated heterocycles. The van der Waals surface area contributed by atoms with Gasteiger partial charge in [0.05, 0.1) is 55.8 Å². The monoisotopic (exact) mass is 1000 g/mol. The number of hydrogen-bond donors (Lipinski definition) is 0. The number of carbonyl (C=O) groups excluding carboxylic acids is 3. The molecule has 5 aromatic carbocycles. The number of carbonyl (C=O) groups is 3. The van der Waals surface area contributed by atoms with E-state index < -0.39 is 5.82 Å². The summed E-state index contributed by atoms with van der Waals surface area (Å²) in [6.45, 7) is 3.92. The molecule has 0 saturated carbocycles. The fourth-order valence-corrected chi connectivity index (χ4v) is 9.61. The summed E-state index contributed by atoms with van der Waals surface area (Å²) in [6, 6.07) is 30.8. The summed E-state index contributed by atoms with van der Waals surface area (Å²) in [5, 5.41) is 1.75. The van der Waals surface area contributed by atoms with Crippen LogP contribution in [-0.4, -0.2) is 84.6 Å². The molecule has 1 fully saturated rings. The molecule has 0 N–H and O–H groups in total. The molecule has 0 aliphatic carbocycles. The van der Waals surface area contributed by atoms with Crippen molar-refractivity contribution in [2.75, 3.05) is 45.4 Å². The molecule has 11 nitrogen and oxygen atoms in total. The smallest absolute Gasteiger partial charge is 0.230 e. The van der Waals surface area contributed by atoms with Crippen LogP contribution in [-0.2, 0) is 27.3 Å². The van der Waals surface area contributed by atoms with Crippen LogP contribution < -0.4 is 14.4 Å². The van der Waals surface area contributed by atoms with Crippen molar-refractivity contribution in [1.82, 2.24) is 14.9 Å². The maximum absolute atomic E-state index is 15.4. The van der Waals surface area contributed by atoms with Crippen molar-refractivity contribution >= 4 is 63.7 Å². The average molecular weight is 1010 g/mol. The van der Waals surface area contributed by atoms with E-state index >= 15 is 4.39 Å². The Morgan fingerprint density at radius 2 is 1.50 bits per heavy atom. The van der Waals surface area contributed by atoms with Crippen LogP contribution in [0.15, 0.2) is 114 Å². The lowest BCUT2D eigenvalue weighted by atomic mass is 9.94. The van der Waals surface area contributed by atoms with Crippen LogP contribution in [0, 0.1) is 5.82 Å². The van der Waals surface area contributed by atoms with Gasteiger partial charge in [0.15, 0.2) is 5.78 Å². The molecule has 0 spiro atoms. The highest BCUT2D eigenvalue weighted by Crippen LogP contribution is 2.38. The number of ketones is 2. The highest BCUT2D eigenvalue weighted by atomic mass is 35.5. The van der Waals surface area contributed by atoms with Gasteiger partial charge in [0.25, 0.3) is 0 Å². The summed E-state index contributed by atoms with van der Waals surface area (Å²) in [7, 11) is 3.02. The standard InChI is InChI=1S/C55H53Cl3FN5O6/c1-4-40-32-63(33-47(35-13-15-37(56)16-14-35)64(40)41-20-17-38(57)18-21-41)52(67)29-42(65)8-6-24-70-25-7-10-48(66)44-22-12-34(26-50(44)69-3)27-51-60-30-36-31-61-55(53-46(59)9-5-11-49(53)68-2)45-28-39(58)19-23-43(45)54(36)62-51/h5,9,11-23,26,28,30,40,47H,4,6-8,10,24-25,27,29,31-33H2,1-3H3/t40-,47?/m0/s1. The Labute approximate surface area is 422 Å². The molecule has 2 aliphatic heterocycles. The number of anilines is 1. The lowest BCUT2D eigenvalue weighted by Gasteiger charge is -2.48. The van der Waals surface area contributed by atoms with Gasteiger partial charge in [-0.3, -0.25) is 19.4 Å². The summed E-state index contributed by atoms with van der Waals surface area (Å²) < 4.78 is 32.4. The number of hydrogen-bond acceptors (Lipinski definition) is 10. The zero-order chi connectivity index (χ0) is 49.3. The minimum atomic E-state index is -0.467. The molecule has 1 unspecified atom stereocenters. The summed E-state index contributed by atoms with van der Waals surface area (Å²) in [5.41, 5.74) is 6.79. The molecule has 2 aliphatic rings. The molecule has 362 valence electrons. The van der Waals surface area contributed by atoms with Gasteiger partial charge >= 0.3 is 0 Å². The number of ether oxygens (including phenoxy) is 3. The van der Waals surface area contributed by atoms with Crippen LogP contribution in [0.2, 0.25) is 15.1 Å². The topological polar surface area (TPSA) is 124 Å². The number of rotatable bonds is 19. The molecule has 15 heteroatoms. The van der Waals surface area contributed by atoms with E-state index in [1.807, 2.05) is 71.6 Å². The summed E-state index contributed by atoms with van der Waals surface area (Å²) in [4.78, 5) is 58.7. The first-order valence-electron chi connectivity index (χ1n) is 23.3. The summed E-state index contributed by atoms with van der Waals surface area (Å²) in [6.07, 6.45) is 4.13. The number of Topliss-reactive ketones (excluding diaryl/α,β-unsaturated/α-hetero) is 2. The summed E-state index contributed by atoms with van der Waals surface area (Å²) in [5.74, 6) is 0.463. The van der Waals surface area contributed by atoms with Gasteiger partial charge in [-0.1, -0.05) is 72.1 Å². The largest absolute Gasteiger partial charge is 0.496 e. The van der Waals surface area contributed by atoms with Crippen LogP contribution in [0.3, 0.4) is 0 Å². The third-order valence-corrected chi connectivity index (χ3v) is 13.5. The second-order valence-corrected chi connectivity index (χ2v) is 18.6. The Balaban J connectivity index is 0.812. The number of amides is 1. The third-order valence-electron chi connectivity index (χ3n) is 12.7. The number of aliphatic imine (C=N–C) groups is 1. The number of halogens is 4. The first-order valence-corrected chi connectivity index (χ1v) is 24.5. The van der Waals surface area contributed by atoms with Crippen LogP contribution in [0.5, 0.6) is 11.5 Å². The lowest BCUT2D eigenvalue weighted by Crippen LogP contribution is -2.56. The minimum Gasteiger partial charge on any atom is -0.496 e. The summed E-state index contributed by atoms with van der Waals surface area (Å²) >= 11 is 18.9. The number of aromatic nitrogens is 2. The van der Waals surface area contributed by atoms with Crippen molar-refractivity contribution in [3.05, 3.63) is 169 Å². The first-order chi connectivity index (χ1) is 33.9. The lowest BCUT2D eigenvalue weighted by molar-refractivity contribution is -0.136. The van der Waals surface area contributed by atoms with Gasteiger partial charge in [0.1, 0.15) is 28.9 Å². The molecular weight excluding hydrogens is 952 g/mol. The zero-order valence-corrected chi connectivity index (χ0v) is 41.5. The molecule has 0 radical (unpaired) electrons. The minimum absolute atomic E-state index is 0.0241. The highest BCUT2D eigenvalue weighted by molar-refractivity contribution is 6.32. The second-order valence-electron chi connectivity index (χ2n) is 17.3. The van der Waals surface area contributed by atoms with Crippen LogP contribution in [0.1, 0.15) is 95.5 Å². The van der Waals surface area contributed by atoms with Gasteiger partial charge in [-0.25, -0.2) is 14.4 Å². The molecule has 1 amide bonds. The van der Waals surface area contributed by atoms with E-state index in [9.17, 15) is 14.4 Å². The molecule has 8 rings (SSSR count). The SMILES string of the molecule is CC[C@H]1CN(C(=O)CC(=O)CCCOCCCC(=O)c2ccc(Cc3ncc4c(n3)-c3ccc(Cl)cc3C(c3c(F)cccc3OC)=NC4)cc2OC)CC(c2ccc(Cl)cc2)N1c1ccc(Cl)cc1. The predicted octanol–water partition coefficient (Wildman–Crippen LogP) is 11.8. The molecule has 2 atom stereocenters. The second kappa shape index (κ2) is 23.2. The first kappa shape index (κ1) is 50.2. The number of methoxy groups -OCH3 is 2. The predicted molar refractivity (Wildman–Crippen MR) is 273 cm³/mol. The Morgan fingerprint density at radius 3 is 2.23 bits per heavy atom. The number of piperazine rings is 1. The Kier molecular flexibility index (Phi) is 16.6. The highest BCUT2D eigenvalue weighted by Gasteiger charge is 2.37. The van der Waals surface area contributed by atoms with Crippen molar-refractivity contribution in [2.24, 2.45) is 4.99 Å². The van der Waals surface area contributed by atoms with Crippen molar-refractivity contribution in [1.29, 1.82) is 0 Å². The van der Waals surface area contributed by atoms with Gasteiger partial charge in [-0.2, -0.15) is 0 Å².